The van der Waals surface area contributed by atoms with Gasteiger partial charge in [-0.3, -0.25) is 9.48 Å². The molecule has 0 aliphatic carbocycles. The number of amides is 1. The number of ether oxygens (including phenoxy) is 1. The fraction of sp³-hybridized carbons (Fsp3) is 0.412. The Labute approximate surface area is 131 Å². The Bertz CT molecular complexity index is 655. The standard InChI is InChI=1S/C17H23N3O2/c1-11(2)14-8-6-7-12(3)17(14)18-15(21)10-22-16-9-13(4)20(5)19-16/h6-9,11H,10H2,1-5H3,(H,18,21). The molecule has 0 atom stereocenters. The minimum absolute atomic E-state index is 0.0533. The van der Waals surface area contributed by atoms with Crippen molar-refractivity contribution in [1.29, 1.82) is 0 Å². The Morgan fingerprint density at radius 2 is 2.09 bits per heavy atom. The number of nitrogens with zero attached hydrogens (tertiary/aromatic N) is 2. The summed E-state index contributed by atoms with van der Waals surface area (Å²) in [7, 11) is 1.84. The molecule has 0 unspecified atom stereocenters. The molecule has 0 radical (unpaired) electrons. The first-order chi connectivity index (χ1) is 10.4. The van der Waals surface area contributed by atoms with Crippen molar-refractivity contribution in [2.45, 2.75) is 33.6 Å². The second kappa shape index (κ2) is 6.64. The highest BCUT2D eigenvalue weighted by atomic mass is 16.5. The predicted molar refractivity (Wildman–Crippen MR) is 87.3 cm³/mol. The van der Waals surface area contributed by atoms with E-state index < -0.39 is 0 Å². The first-order valence-corrected chi connectivity index (χ1v) is 7.41. The SMILES string of the molecule is Cc1cccc(C(C)C)c1NC(=O)COc1cc(C)n(C)n1. The number of benzene rings is 1. The molecule has 1 N–H and O–H groups in total. The lowest BCUT2D eigenvalue weighted by molar-refractivity contribution is -0.118. The highest BCUT2D eigenvalue weighted by Gasteiger charge is 2.13. The Hall–Kier alpha value is -2.30. The third-order valence-corrected chi connectivity index (χ3v) is 3.63. The molecule has 22 heavy (non-hydrogen) atoms. The van der Waals surface area contributed by atoms with Gasteiger partial charge in [-0.05, 0) is 30.9 Å². The molecule has 2 aromatic rings. The molecule has 1 heterocycles. The van der Waals surface area contributed by atoms with Crippen molar-refractivity contribution < 1.29 is 9.53 Å². The summed E-state index contributed by atoms with van der Waals surface area (Å²) in [5.41, 5.74) is 4.04. The summed E-state index contributed by atoms with van der Waals surface area (Å²) in [4.78, 5) is 12.1. The average molecular weight is 301 g/mol. The van der Waals surface area contributed by atoms with Crippen LogP contribution in [0.25, 0.3) is 0 Å². The van der Waals surface area contributed by atoms with Crippen LogP contribution >= 0.6 is 0 Å². The summed E-state index contributed by atoms with van der Waals surface area (Å²) in [6.07, 6.45) is 0. The van der Waals surface area contributed by atoms with E-state index in [9.17, 15) is 4.79 Å². The fourth-order valence-corrected chi connectivity index (χ4v) is 2.26. The second-order valence-corrected chi connectivity index (χ2v) is 5.78. The average Bonchev–Trinajstić information content (AvgIpc) is 2.77. The van der Waals surface area contributed by atoms with Crippen molar-refractivity contribution in [2.24, 2.45) is 7.05 Å². The molecule has 5 nitrogen and oxygen atoms in total. The molecule has 0 bridgehead atoms. The molecule has 0 aliphatic rings. The molecule has 0 saturated carbocycles. The summed E-state index contributed by atoms with van der Waals surface area (Å²) < 4.78 is 7.15. The first kappa shape index (κ1) is 16.1. The van der Waals surface area contributed by atoms with Crippen LogP contribution in [0.2, 0.25) is 0 Å². The Morgan fingerprint density at radius 3 is 2.68 bits per heavy atom. The normalized spacial score (nSPS) is 10.8. The topological polar surface area (TPSA) is 56.1 Å². The number of carbonyl (C=O) groups is 1. The second-order valence-electron chi connectivity index (χ2n) is 5.78. The van der Waals surface area contributed by atoms with Crippen LogP contribution in [0.1, 0.15) is 36.6 Å². The van der Waals surface area contributed by atoms with E-state index >= 15 is 0 Å². The minimum Gasteiger partial charge on any atom is -0.466 e. The van der Waals surface area contributed by atoms with Crippen LogP contribution in [0.4, 0.5) is 5.69 Å². The largest absolute Gasteiger partial charge is 0.466 e. The van der Waals surface area contributed by atoms with Crippen LogP contribution < -0.4 is 10.1 Å². The van der Waals surface area contributed by atoms with Crippen molar-refractivity contribution in [1.82, 2.24) is 9.78 Å². The number of anilines is 1. The maximum absolute atomic E-state index is 12.1. The lowest BCUT2D eigenvalue weighted by Gasteiger charge is -2.16. The minimum atomic E-state index is -0.181. The highest BCUT2D eigenvalue weighted by Crippen LogP contribution is 2.27. The molecule has 0 fully saturated rings. The van der Waals surface area contributed by atoms with Crippen molar-refractivity contribution >= 4 is 11.6 Å². The van der Waals surface area contributed by atoms with Gasteiger partial charge in [-0.2, -0.15) is 0 Å². The zero-order chi connectivity index (χ0) is 16.3. The maximum atomic E-state index is 12.1. The van der Waals surface area contributed by atoms with Gasteiger partial charge in [0.05, 0.1) is 0 Å². The molecule has 1 amide bonds. The Balaban J connectivity index is 2.03. The first-order valence-electron chi connectivity index (χ1n) is 7.41. The predicted octanol–water partition coefficient (Wildman–Crippen LogP) is 3.18. The fourth-order valence-electron chi connectivity index (χ4n) is 2.26. The van der Waals surface area contributed by atoms with Crippen LogP contribution in [-0.4, -0.2) is 22.3 Å². The van der Waals surface area contributed by atoms with Gasteiger partial charge in [0.1, 0.15) is 0 Å². The lowest BCUT2D eigenvalue weighted by Crippen LogP contribution is -2.21. The zero-order valence-corrected chi connectivity index (χ0v) is 13.8. The van der Waals surface area contributed by atoms with Gasteiger partial charge < -0.3 is 10.1 Å². The maximum Gasteiger partial charge on any atom is 0.262 e. The molecule has 0 aliphatic heterocycles. The molecule has 1 aromatic heterocycles. The Kier molecular flexibility index (Phi) is 4.85. The number of hydrogen-bond donors (Lipinski definition) is 1. The zero-order valence-electron chi connectivity index (χ0n) is 13.8. The number of para-hydroxylation sites is 1. The van der Waals surface area contributed by atoms with Crippen molar-refractivity contribution in [3.63, 3.8) is 0 Å². The summed E-state index contributed by atoms with van der Waals surface area (Å²) >= 11 is 0. The van der Waals surface area contributed by atoms with E-state index in [1.54, 1.807) is 10.7 Å². The number of nitrogens with one attached hydrogen (secondary N) is 1. The molecule has 2 rings (SSSR count). The summed E-state index contributed by atoms with van der Waals surface area (Å²) in [6.45, 7) is 8.09. The van der Waals surface area contributed by atoms with E-state index in [1.165, 1.54) is 0 Å². The molecule has 0 spiro atoms. The van der Waals surface area contributed by atoms with Crippen LogP contribution in [0.15, 0.2) is 24.3 Å². The molecular weight excluding hydrogens is 278 g/mol. The van der Waals surface area contributed by atoms with Crippen molar-refractivity contribution in [3.05, 3.63) is 41.1 Å². The molecule has 0 saturated heterocycles. The van der Waals surface area contributed by atoms with Crippen LogP contribution in [0.3, 0.4) is 0 Å². The van der Waals surface area contributed by atoms with Crippen LogP contribution in [0, 0.1) is 13.8 Å². The van der Waals surface area contributed by atoms with Crippen LogP contribution in [-0.2, 0) is 11.8 Å². The molecule has 1 aromatic carbocycles. The van der Waals surface area contributed by atoms with Gasteiger partial charge >= 0.3 is 0 Å². The number of aromatic nitrogens is 2. The van der Waals surface area contributed by atoms with Gasteiger partial charge in [0, 0.05) is 24.5 Å². The third-order valence-electron chi connectivity index (χ3n) is 3.63. The number of carbonyl (C=O) groups excluding carboxylic acids is 1. The van der Waals surface area contributed by atoms with E-state index in [0.717, 1.165) is 22.5 Å². The van der Waals surface area contributed by atoms with Crippen molar-refractivity contribution in [2.75, 3.05) is 11.9 Å². The van der Waals surface area contributed by atoms with Gasteiger partial charge in [0.2, 0.25) is 5.88 Å². The van der Waals surface area contributed by atoms with Crippen molar-refractivity contribution in [3.8, 4) is 5.88 Å². The quantitative estimate of drug-likeness (QED) is 0.923. The molecule has 118 valence electrons. The van der Waals surface area contributed by atoms with Gasteiger partial charge in [-0.25, -0.2) is 0 Å². The lowest BCUT2D eigenvalue weighted by atomic mass is 9.98. The number of hydrogen-bond acceptors (Lipinski definition) is 3. The third kappa shape index (κ3) is 3.67. The van der Waals surface area contributed by atoms with Gasteiger partial charge in [-0.1, -0.05) is 32.0 Å². The van der Waals surface area contributed by atoms with Gasteiger partial charge in [0.25, 0.3) is 5.91 Å². The van der Waals surface area contributed by atoms with E-state index in [0.29, 0.717) is 11.8 Å². The summed E-state index contributed by atoms with van der Waals surface area (Å²) in [5.74, 6) is 0.623. The monoisotopic (exact) mass is 301 g/mol. The smallest absolute Gasteiger partial charge is 0.262 e. The van der Waals surface area contributed by atoms with Crippen LogP contribution in [0.5, 0.6) is 5.88 Å². The molecule has 5 heteroatoms. The molecular formula is C17H23N3O2. The number of aryl methyl sites for hydroxylation is 3. The van der Waals surface area contributed by atoms with E-state index in [4.69, 9.17) is 4.74 Å². The highest BCUT2D eigenvalue weighted by molar-refractivity contribution is 5.93. The van der Waals surface area contributed by atoms with E-state index in [2.05, 4.69) is 24.3 Å². The van der Waals surface area contributed by atoms with E-state index in [1.807, 2.05) is 39.1 Å². The van der Waals surface area contributed by atoms with E-state index in [-0.39, 0.29) is 12.5 Å². The Morgan fingerprint density at radius 1 is 1.36 bits per heavy atom. The van der Waals surface area contributed by atoms with Gasteiger partial charge in [-0.15, -0.1) is 5.10 Å². The summed E-state index contributed by atoms with van der Waals surface area (Å²) in [5, 5.41) is 7.12. The number of rotatable bonds is 5. The summed E-state index contributed by atoms with van der Waals surface area (Å²) in [6, 6.07) is 7.84. The van der Waals surface area contributed by atoms with Gasteiger partial charge in [0.15, 0.2) is 6.61 Å².